The molecule has 0 radical (unpaired) electrons. The molecule has 2 aromatic rings. The fourth-order valence-corrected chi connectivity index (χ4v) is 12.5. The lowest BCUT2D eigenvalue weighted by molar-refractivity contribution is -0.177. The van der Waals surface area contributed by atoms with E-state index in [9.17, 15) is 19.8 Å². The van der Waals surface area contributed by atoms with Crippen molar-refractivity contribution in [3.8, 4) is 0 Å². The molecule has 2 N–H and O–H groups in total. The van der Waals surface area contributed by atoms with Crippen molar-refractivity contribution >= 4 is 11.9 Å². The maximum absolute atomic E-state index is 12.0. The minimum absolute atomic E-state index is 0.119. The Morgan fingerprint density at radius 1 is 0.550 bits per heavy atom. The first-order chi connectivity index (χ1) is 18.9. The summed E-state index contributed by atoms with van der Waals surface area (Å²) in [7, 11) is 0. The van der Waals surface area contributed by atoms with Crippen LogP contribution in [-0.4, -0.2) is 22.2 Å². The number of carboxylic acid groups (broad SMARTS) is 2. The molecule has 8 fully saturated rings. The molecule has 10 rings (SSSR count). The van der Waals surface area contributed by atoms with Crippen LogP contribution in [0.25, 0.3) is 0 Å². The predicted octanol–water partition coefficient (Wildman–Crippen LogP) is 8.00. The van der Waals surface area contributed by atoms with E-state index in [1.54, 1.807) is 0 Å². The summed E-state index contributed by atoms with van der Waals surface area (Å²) in [6.45, 7) is 4.65. The molecule has 40 heavy (non-hydrogen) atoms. The van der Waals surface area contributed by atoms with Crippen LogP contribution >= 0.6 is 0 Å². The standard InChI is InChI=1S/2C18H22O2/c2*1-16-7-13-8-17(10-16,14-5-3-2-4-6-14)12-18(9-13,11-16)15(19)20/h2*2-6,13H,7-12H2,1H3,(H,19,20)/t2*13?,16-,17-,18?/m10/s1. The van der Waals surface area contributed by atoms with Crippen molar-refractivity contribution in [2.24, 2.45) is 33.5 Å². The van der Waals surface area contributed by atoms with E-state index >= 15 is 0 Å². The number of benzene rings is 2. The number of hydrogen-bond acceptors (Lipinski definition) is 2. The Bertz CT molecular complexity index is 1240. The van der Waals surface area contributed by atoms with E-state index in [4.69, 9.17) is 0 Å². The van der Waals surface area contributed by atoms with E-state index in [2.05, 4.69) is 74.5 Å². The molecule has 0 amide bonds. The Morgan fingerprint density at radius 3 is 1.25 bits per heavy atom. The van der Waals surface area contributed by atoms with Crippen LogP contribution in [0, 0.1) is 33.5 Å². The van der Waals surface area contributed by atoms with Gasteiger partial charge in [-0.05, 0) is 122 Å². The Balaban J connectivity index is 0.000000132. The summed E-state index contributed by atoms with van der Waals surface area (Å²) in [5.41, 5.74) is 2.54. The summed E-state index contributed by atoms with van der Waals surface area (Å²) in [5.74, 6) is 0.112. The molecule has 4 nitrogen and oxygen atoms in total. The number of aliphatic carboxylic acids is 2. The Hall–Kier alpha value is -2.62. The third-order valence-corrected chi connectivity index (χ3v) is 12.4. The van der Waals surface area contributed by atoms with Crippen LogP contribution in [0.2, 0.25) is 0 Å². The van der Waals surface area contributed by atoms with Gasteiger partial charge in [0.25, 0.3) is 0 Å². The van der Waals surface area contributed by atoms with Gasteiger partial charge in [0, 0.05) is 0 Å². The van der Waals surface area contributed by atoms with Gasteiger partial charge in [-0.3, -0.25) is 9.59 Å². The Labute approximate surface area is 238 Å². The third kappa shape index (κ3) is 3.91. The normalized spacial score (nSPS) is 45.5. The molecular weight excluding hydrogens is 496 g/mol. The number of rotatable bonds is 4. The predicted molar refractivity (Wildman–Crippen MR) is 155 cm³/mol. The highest BCUT2D eigenvalue weighted by Crippen LogP contribution is 2.71. The number of hydrogen-bond donors (Lipinski definition) is 2. The van der Waals surface area contributed by atoms with Crippen LogP contribution in [0.3, 0.4) is 0 Å². The first-order valence-corrected chi connectivity index (χ1v) is 15.5. The van der Waals surface area contributed by atoms with Crippen LogP contribution in [0.5, 0.6) is 0 Å². The van der Waals surface area contributed by atoms with Gasteiger partial charge in [0.15, 0.2) is 0 Å². The van der Waals surface area contributed by atoms with Gasteiger partial charge in [0.05, 0.1) is 10.8 Å². The zero-order valence-electron chi connectivity index (χ0n) is 24.1. The van der Waals surface area contributed by atoms with E-state index < -0.39 is 22.8 Å². The Morgan fingerprint density at radius 2 is 0.925 bits per heavy atom. The quantitative estimate of drug-likeness (QED) is 0.412. The molecule has 0 aliphatic heterocycles. The van der Waals surface area contributed by atoms with E-state index in [-0.39, 0.29) is 21.7 Å². The summed E-state index contributed by atoms with van der Waals surface area (Å²) >= 11 is 0. The van der Waals surface area contributed by atoms with Gasteiger partial charge in [-0.2, -0.15) is 0 Å². The topological polar surface area (TPSA) is 74.6 Å². The van der Waals surface area contributed by atoms with Crippen molar-refractivity contribution in [1.29, 1.82) is 0 Å². The summed E-state index contributed by atoms with van der Waals surface area (Å²) in [6.07, 6.45) is 12.5. The lowest BCUT2D eigenvalue weighted by Crippen LogP contribution is -2.60. The first-order valence-electron chi connectivity index (χ1n) is 15.5. The summed E-state index contributed by atoms with van der Waals surface area (Å²) in [6, 6.07) is 21.4. The molecule has 0 saturated heterocycles. The van der Waals surface area contributed by atoms with Gasteiger partial charge < -0.3 is 10.2 Å². The molecule has 2 aromatic carbocycles. The van der Waals surface area contributed by atoms with E-state index in [0.717, 1.165) is 38.5 Å². The summed E-state index contributed by atoms with van der Waals surface area (Å²) in [4.78, 5) is 23.9. The number of carbonyl (C=O) groups is 2. The van der Waals surface area contributed by atoms with Gasteiger partial charge >= 0.3 is 11.9 Å². The molecule has 8 bridgehead atoms. The monoisotopic (exact) mass is 540 g/mol. The third-order valence-electron chi connectivity index (χ3n) is 12.4. The zero-order valence-corrected chi connectivity index (χ0v) is 24.1. The van der Waals surface area contributed by atoms with Gasteiger partial charge in [-0.1, -0.05) is 74.5 Å². The van der Waals surface area contributed by atoms with E-state index in [1.165, 1.54) is 49.7 Å². The summed E-state index contributed by atoms with van der Waals surface area (Å²) < 4.78 is 0. The summed E-state index contributed by atoms with van der Waals surface area (Å²) in [5, 5.41) is 19.7. The molecule has 0 aromatic heterocycles. The fraction of sp³-hybridized carbons (Fsp3) is 0.611. The molecule has 0 heterocycles. The smallest absolute Gasteiger partial charge is 0.309 e. The molecule has 4 heteroatoms. The lowest BCUT2D eigenvalue weighted by Gasteiger charge is -2.64. The average molecular weight is 541 g/mol. The molecule has 212 valence electrons. The molecule has 8 saturated carbocycles. The van der Waals surface area contributed by atoms with Crippen LogP contribution in [0.15, 0.2) is 60.7 Å². The van der Waals surface area contributed by atoms with Crippen molar-refractivity contribution in [3.63, 3.8) is 0 Å². The second-order valence-corrected chi connectivity index (χ2v) is 16.1. The highest BCUT2D eigenvalue weighted by Gasteiger charge is 2.66. The second-order valence-electron chi connectivity index (χ2n) is 16.1. The minimum atomic E-state index is -0.548. The molecular formula is C36H44O4. The lowest BCUT2D eigenvalue weighted by atomic mass is 9.39. The van der Waals surface area contributed by atoms with Gasteiger partial charge in [-0.15, -0.1) is 0 Å². The van der Waals surface area contributed by atoms with Gasteiger partial charge in [0.1, 0.15) is 0 Å². The number of carboxylic acids is 2. The van der Waals surface area contributed by atoms with Crippen molar-refractivity contribution < 1.29 is 19.8 Å². The molecule has 8 aliphatic rings. The van der Waals surface area contributed by atoms with Crippen molar-refractivity contribution in [2.45, 2.75) is 102 Å². The van der Waals surface area contributed by atoms with Crippen LogP contribution in [0.1, 0.15) is 102 Å². The maximum Gasteiger partial charge on any atom is 0.309 e. The maximum atomic E-state index is 12.0. The zero-order chi connectivity index (χ0) is 28.0. The Kier molecular flexibility index (Phi) is 5.56. The van der Waals surface area contributed by atoms with Crippen LogP contribution in [-0.2, 0) is 20.4 Å². The highest BCUT2D eigenvalue weighted by atomic mass is 16.4. The van der Waals surface area contributed by atoms with Gasteiger partial charge in [0.2, 0.25) is 0 Å². The minimum Gasteiger partial charge on any atom is -0.481 e. The van der Waals surface area contributed by atoms with Gasteiger partial charge in [-0.25, -0.2) is 0 Å². The van der Waals surface area contributed by atoms with Crippen molar-refractivity contribution in [2.75, 3.05) is 0 Å². The fourth-order valence-electron chi connectivity index (χ4n) is 12.5. The van der Waals surface area contributed by atoms with Crippen LogP contribution in [0.4, 0.5) is 0 Å². The molecule has 8 atom stereocenters. The van der Waals surface area contributed by atoms with E-state index in [0.29, 0.717) is 11.8 Å². The van der Waals surface area contributed by atoms with Crippen molar-refractivity contribution in [1.82, 2.24) is 0 Å². The SMILES string of the molecule is C[C@@]12CC3CC(C(=O)O)(C1)C[C@](c1ccccc1)(C3)C2.C[C@]12CC3CC(C(=O)O)(C1)C[C@@](c1ccccc1)(C3)C2. The molecule has 4 unspecified atom stereocenters. The first kappa shape index (κ1) is 26.3. The largest absolute Gasteiger partial charge is 0.481 e. The van der Waals surface area contributed by atoms with Crippen LogP contribution < -0.4 is 0 Å². The molecule has 0 spiro atoms. The highest BCUT2D eigenvalue weighted by molar-refractivity contribution is 5.76. The van der Waals surface area contributed by atoms with Crippen molar-refractivity contribution in [3.05, 3.63) is 71.8 Å². The molecule has 8 aliphatic carbocycles. The second kappa shape index (κ2) is 8.46. The average Bonchev–Trinajstić information content (AvgIpc) is 2.87. The van der Waals surface area contributed by atoms with E-state index in [1.807, 2.05) is 0 Å².